The van der Waals surface area contributed by atoms with Crippen molar-refractivity contribution in [3.05, 3.63) is 108 Å². The number of carbonyl (C=O) groups excluding carboxylic acids is 1. The molecule has 1 aliphatic heterocycles. The normalized spacial score (nSPS) is 23.6. The maximum absolute atomic E-state index is 12.3. The van der Waals surface area contributed by atoms with Crippen LogP contribution >= 0.6 is 11.8 Å². The quantitative estimate of drug-likeness (QED) is 0.316. The van der Waals surface area contributed by atoms with Gasteiger partial charge in [0.15, 0.2) is 11.4 Å². The van der Waals surface area contributed by atoms with Crippen LogP contribution in [0.2, 0.25) is 0 Å². The van der Waals surface area contributed by atoms with Gasteiger partial charge in [0.1, 0.15) is 12.2 Å². The minimum absolute atomic E-state index is 0.0207. The molecule has 196 valence electrons. The lowest BCUT2D eigenvalue weighted by molar-refractivity contribution is -0.283. The molecule has 1 saturated heterocycles. The van der Waals surface area contributed by atoms with E-state index in [9.17, 15) is 4.79 Å². The van der Waals surface area contributed by atoms with E-state index in [0.29, 0.717) is 19.8 Å². The lowest BCUT2D eigenvalue weighted by atomic mass is 10.0. The highest BCUT2D eigenvalue weighted by Gasteiger charge is 2.48. The molecule has 0 saturated carbocycles. The Kier molecular flexibility index (Phi) is 10.7. The van der Waals surface area contributed by atoms with Crippen LogP contribution in [0.1, 0.15) is 23.6 Å². The number of carbonyl (C=O) groups is 1. The van der Waals surface area contributed by atoms with Crippen LogP contribution in [0.15, 0.2) is 91.0 Å². The Morgan fingerprint density at radius 1 is 0.757 bits per heavy atom. The predicted octanol–water partition coefficient (Wildman–Crippen LogP) is 5.39. The average molecular weight is 523 g/mol. The number of hydrogen-bond acceptors (Lipinski definition) is 7. The summed E-state index contributed by atoms with van der Waals surface area (Å²) in [5, 5.41) is -0.364. The van der Waals surface area contributed by atoms with Crippen molar-refractivity contribution in [1.82, 2.24) is 0 Å². The van der Waals surface area contributed by atoms with Crippen LogP contribution < -0.4 is 0 Å². The van der Waals surface area contributed by atoms with E-state index < -0.39 is 24.6 Å². The molecule has 37 heavy (non-hydrogen) atoms. The van der Waals surface area contributed by atoms with Crippen molar-refractivity contribution in [1.29, 1.82) is 0 Å². The first-order chi connectivity index (χ1) is 18.1. The topological polar surface area (TPSA) is 63.2 Å². The molecular weight excluding hydrogens is 488 g/mol. The summed E-state index contributed by atoms with van der Waals surface area (Å²) in [6.45, 7) is 3.03. The van der Waals surface area contributed by atoms with Crippen LogP contribution in [0, 0.1) is 0 Å². The van der Waals surface area contributed by atoms with E-state index in [1.807, 2.05) is 91.0 Å². The average Bonchev–Trinajstić information content (AvgIpc) is 2.93. The lowest BCUT2D eigenvalue weighted by Crippen LogP contribution is -2.60. The first-order valence-electron chi connectivity index (χ1n) is 12.4. The first-order valence-corrected chi connectivity index (χ1v) is 13.3. The predicted molar refractivity (Wildman–Crippen MR) is 144 cm³/mol. The fourth-order valence-electron chi connectivity index (χ4n) is 4.30. The molecule has 3 aromatic rings. The molecule has 1 aliphatic rings. The number of rotatable bonds is 12. The molecule has 0 amide bonds. The highest BCUT2D eigenvalue weighted by molar-refractivity contribution is 8.14. The Hall–Kier alpha value is -2.52. The Morgan fingerprint density at radius 2 is 1.24 bits per heavy atom. The van der Waals surface area contributed by atoms with Gasteiger partial charge in [0, 0.05) is 14.0 Å². The molecule has 0 radical (unpaired) electrons. The summed E-state index contributed by atoms with van der Waals surface area (Å²) in [6.07, 6.45) is -2.13. The van der Waals surface area contributed by atoms with Crippen LogP contribution in [-0.2, 0) is 48.3 Å². The van der Waals surface area contributed by atoms with E-state index in [4.69, 9.17) is 23.7 Å². The maximum Gasteiger partial charge on any atom is 0.186 e. The van der Waals surface area contributed by atoms with Crippen molar-refractivity contribution >= 4 is 16.9 Å². The second-order valence-electron chi connectivity index (χ2n) is 8.88. The third kappa shape index (κ3) is 8.23. The smallest absolute Gasteiger partial charge is 0.186 e. The van der Waals surface area contributed by atoms with E-state index in [0.717, 1.165) is 16.7 Å². The van der Waals surface area contributed by atoms with Crippen molar-refractivity contribution in [2.24, 2.45) is 0 Å². The van der Waals surface area contributed by atoms with Crippen LogP contribution in [0.3, 0.4) is 0 Å². The van der Waals surface area contributed by atoms with Crippen molar-refractivity contribution < 1.29 is 28.5 Å². The minimum Gasteiger partial charge on any atom is -0.374 e. The summed E-state index contributed by atoms with van der Waals surface area (Å²) < 4.78 is 31.0. The van der Waals surface area contributed by atoms with Gasteiger partial charge in [-0.25, -0.2) is 0 Å². The van der Waals surface area contributed by atoms with Gasteiger partial charge in [0.05, 0.1) is 37.8 Å². The van der Waals surface area contributed by atoms with Crippen molar-refractivity contribution in [3.63, 3.8) is 0 Å². The second kappa shape index (κ2) is 14.4. The summed E-state index contributed by atoms with van der Waals surface area (Å²) >= 11 is 1.21. The minimum atomic E-state index is -0.682. The molecule has 4 rings (SSSR count). The van der Waals surface area contributed by atoms with Gasteiger partial charge in [-0.05, 0) is 16.7 Å². The molecule has 1 fully saturated rings. The number of thioether (sulfide) groups is 1. The van der Waals surface area contributed by atoms with Gasteiger partial charge in [-0.2, -0.15) is 0 Å². The zero-order valence-corrected chi connectivity index (χ0v) is 22.0. The van der Waals surface area contributed by atoms with Gasteiger partial charge in [0.2, 0.25) is 0 Å². The standard InChI is InChI=1S/C30H34O6S/c1-22(31)37-29-26(21-33-18-23-12-6-3-7-13-23)36-30(32-2)28(35-20-25-16-10-5-11-17-25)27(29)34-19-24-14-8-4-9-15-24/h3-17,26-30H,18-21H2,1-2H3/t26-,27-,28-,29+,30-/m1/s1. The van der Waals surface area contributed by atoms with E-state index in [-0.39, 0.29) is 17.0 Å². The fraction of sp³-hybridized carbons (Fsp3) is 0.367. The Bertz CT molecular complexity index is 1070. The summed E-state index contributed by atoms with van der Waals surface area (Å²) in [6, 6.07) is 29.8. The van der Waals surface area contributed by atoms with Crippen LogP contribution in [0.25, 0.3) is 0 Å². The largest absolute Gasteiger partial charge is 0.374 e. The Morgan fingerprint density at radius 3 is 1.73 bits per heavy atom. The van der Waals surface area contributed by atoms with Gasteiger partial charge < -0.3 is 23.7 Å². The third-order valence-corrected chi connectivity index (χ3v) is 7.27. The summed E-state index contributed by atoms with van der Waals surface area (Å²) in [7, 11) is 1.60. The molecule has 0 bridgehead atoms. The molecule has 1 heterocycles. The molecule has 0 unspecified atom stereocenters. The molecule has 7 heteroatoms. The fourth-order valence-corrected chi connectivity index (χ4v) is 5.35. The zero-order valence-electron chi connectivity index (χ0n) is 21.2. The van der Waals surface area contributed by atoms with E-state index >= 15 is 0 Å². The number of methoxy groups -OCH3 is 1. The van der Waals surface area contributed by atoms with E-state index in [2.05, 4.69) is 0 Å². The molecule has 5 atom stereocenters. The number of benzene rings is 3. The first kappa shape index (κ1) is 27.5. The lowest BCUT2D eigenvalue weighted by Gasteiger charge is -2.45. The second-order valence-corrected chi connectivity index (χ2v) is 10.2. The van der Waals surface area contributed by atoms with E-state index in [1.54, 1.807) is 14.0 Å². The number of hydrogen-bond donors (Lipinski definition) is 0. The van der Waals surface area contributed by atoms with Crippen molar-refractivity contribution in [2.75, 3.05) is 13.7 Å². The molecule has 0 aromatic heterocycles. The summed E-state index contributed by atoms with van der Waals surface area (Å²) in [5.74, 6) is 0. The van der Waals surface area contributed by atoms with Crippen LogP contribution in [0.5, 0.6) is 0 Å². The summed E-state index contributed by atoms with van der Waals surface area (Å²) in [4.78, 5) is 12.3. The Balaban J connectivity index is 1.54. The summed E-state index contributed by atoms with van der Waals surface area (Å²) in [5.41, 5.74) is 3.13. The zero-order chi connectivity index (χ0) is 25.9. The van der Waals surface area contributed by atoms with Crippen molar-refractivity contribution in [2.45, 2.75) is 56.6 Å². The van der Waals surface area contributed by atoms with Gasteiger partial charge >= 0.3 is 0 Å². The monoisotopic (exact) mass is 522 g/mol. The van der Waals surface area contributed by atoms with Crippen LogP contribution in [-0.4, -0.2) is 48.7 Å². The van der Waals surface area contributed by atoms with Crippen LogP contribution in [0.4, 0.5) is 0 Å². The molecular formula is C30H34O6S. The SMILES string of the molecule is CO[C@@H]1O[C@H](COCc2ccccc2)[C@H](SC(C)=O)[C@H](OCc2ccccc2)[C@H]1OCc1ccccc1. The Labute approximate surface area is 223 Å². The molecule has 6 nitrogen and oxygen atoms in total. The molecule has 0 spiro atoms. The van der Waals surface area contributed by atoms with Gasteiger partial charge in [-0.3, -0.25) is 4.79 Å². The van der Waals surface area contributed by atoms with Crippen molar-refractivity contribution in [3.8, 4) is 0 Å². The third-order valence-electron chi connectivity index (χ3n) is 6.09. The van der Waals surface area contributed by atoms with Gasteiger partial charge in [-0.1, -0.05) is 103 Å². The molecule has 0 N–H and O–H groups in total. The highest BCUT2D eigenvalue weighted by atomic mass is 32.2. The molecule has 3 aromatic carbocycles. The van der Waals surface area contributed by atoms with E-state index in [1.165, 1.54) is 11.8 Å². The number of ether oxygens (including phenoxy) is 5. The highest BCUT2D eigenvalue weighted by Crippen LogP contribution is 2.35. The maximum atomic E-state index is 12.3. The van der Waals surface area contributed by atoms with Gasteiger partial charge in [-0.15, -0.1) is 0 Å². The van der Waals surface area contributed by atoms with Gasteiger partial charge in [0.25, 0.3) is 0 Å². The molecule has 0 aliphatic carbocycles.